The summed E-state index contributed by atoms with van der Waals surface area (Å²) in [6, 6.07) is 10.2. The monoisotopic (exact) mass is 291 g/mol. The van der Waals surface area contributed by atoms with E-state index >= 15 is 0 Å². The SMILES string of the molecule is C[C@H](O)c1ccccc1OCc1cc(F)cc([N+](=O)[O-])c1. The maximum Gasteiger partial charge on any atom is 0.272 e. The lowest BCUT2D eigenvalue weighted by atomic mass is 10.1. The smallest absolute Gasteiger partial charge is 0.272 e. The average Bonchev–Trinajstić information content (AvgIpc) is 2.44. The fraction of sp³-hybridized carbons (Fsp3) is 0.200. The molecule has 21 heavy (non-hydrogen) atoms. The van der Waals surface area contributed by atoms with Gasteiger partial charge in [0.1, 0.15) is 18.2 Å². The minimum absolute atomic E-state index is 0.0255. The summed E-state index contributed by atoms with van der Waals surface area (Å²) in [7, 11) is 0. The molecule has 0 fully saturated rings. The van der Waals surface area contributed by atoms with Gasteiger partial charge in [0.25, 0.3) is 5.69 Å². The molecule has 0 spiro atoms. The van der Waals surface area contributed by atoms with Crippen LogP contribution < -0.4 is 4.74 Å². The minimum atomic E-state index is -0.706. The molecule has 5 nitrogen and oxygen atoms in total. The van der Waals surface area contributed by atoms with E-state index in [0.717, 1.165) is 6.07 Å². The number of nitrogens with zero attached hydrogens (tertiary/aromatic N) is 1. The first-order valence-electron chi connectivity index (χ1n) is 6.31. The first-order chi connectivity index (χ1) is 9.97. The molecule has 2 aromatic carbocycles. The molecule has 0 aliphatic rings. The van der Waals surface area contributed by atoms with Crippen molar-refractivity contribution in [2.45, 2.75) is 19.6 Å². The predicted molar refractivity (Wildman–Crippen MR) is 74.5 cm³/mol. The molecule has 0 aromatic heterocycles. The largest absolute Gasteiger partial charge is 0.489 e. The number of halogens is 1. The minimum Gasteiger partial charge on any atom is -0.489 e. The number of aliphatic hydroxyl groups is 1. The van der Waals surface area contributed by atoms with Crippen LogP contribution in [0.25, 0.3) is 0 Å². The van der Waals surface area contributed by atoms with Crippen LogP contribution in [0, 0.1) is 15.9 Å². The van der Waals surface area contributed by atoms with E-state index < -0.39 is 16.8 Å². The Kier molecular flexibility index (Phi) is 4.49. The Morgan fingerprint density at radius 1 is 1.33 bits per heavy atom. The quantitative estimate of drug-likeness (QED) is 0.677. The Hall–Kier alpha value is -2.47. The van der Waals surface area contributed by atoms with Gasteiger partial charge in [0.05, 0.1) is 17.1 Å². The van der Waals surface area contributed by atoms with Crippen LogP contribution in [-0.4, -0.2) is 10.0 Å². The highest BCUT2D eigenvalue weighted by Crippen LogP contribution is 2.26. The Bertz CT molecular complexity index is 658. The maximum absolute atomic E-state index is 13.3. The second kappa shape index (κ2) is 6.32. The van der Waals surface area contributed by atoms with Gasteiger partial charge in [0.15, 0.2) is 0 Å². The summed E-state index contributed by atoms with van der Waals surface area (Å²) in [5, 5.41) is 20.3. The second-order valence-electron chi connectivity index (χ2n) is 4.58. The fourth-order valence-electron chi connectivity index (χ4n) is 1.94. The van der Waals surface area contributed by atoms with Crippen LogP contribution >= 0.6 is 0 Å². The van der Waals surface area contributed by atoms with Gasteiger partial charge in [0, 0.05) is 11.6 Å². The van der Waals surface area contributed by atoms with E-state index in [9.17, 15) is 19.6 Å². The van der Waals surface area contributed by atoms with Crippen LogP contribution in [0.5, 0.6) is 5.75 Å². The van der Waals surface area contributed by atoms with Crippen molar-refractivity contribution in [2.75, 3.05) is 0 Å². The first kappa shape index (κ1) is 14.9. The predicted octanol–water partition coefficient (Wildman–Crippen LogP) is 3.37. The highest BCUT2D eigenvalue weighted by Gasteiger charge is 2.12. The molecule has 2 rings (SSSR count). The molecule has 1 N–H and O–H groups in total. The highest BCUT2D eigenvalue weighted by molar-refractivity contribution is 5.37. The van der Waals surface area contributed by atoms with Gasteiger partial charge in [0.2, 0.25) is 0 Å². The van der Waals surface area contributed by atoms with Crippen molar-refractivity contribution in [1.82, 2.24) is 0 Å². The fourth-order valence-corrected chi connectivity index (χ4v) is 1.94. The number of ether oxygens (including phenoxy) is 1. The van der Waals surface area contributed by atoms with Crippen molar-refractivity contribution >= 4 is 5.69 Å². The summed E-state index contributed by atoms with van der Waals surface area (Å²) in [5.74, 6) is -0.231. The molecule has 0 saturated carbocycles. The normalized spacial score (nSPS) is 12.0. The molecule has 0 amide bonds. The molecule has 0 heterocycles. The summed E-state index contributed by atoms with van der Waals surface area (Å²) in [5.41, 5.74) is 0.628. The third-order valence-corrected chi connectivity index (χ3v) is 2.92. The van der Waals surface area contributed by atoms with Crippen molar-refractivity contribution < 1.29 is 19.2 Å². The Labute approximate surface area is 120 Å². The number of non-ortho nitro benzene ring substituents is 1. The van der Waals surface area contributed by atoms with Crippen LogP contribution in [0.2, 0.25) is 0 Å². The molecule has 2 aromatic rings. The van der Waals surface area contributed by atoms with Crippen LogP contribution in [0.4, 0.5) is 10.1 Å². The number of aliphatic hydroxyl groups excluding tert-OH is 1. The number of nitro groups is 1. The van der Waals surface area contributed by atoms with Gasteiger partial charge in [-0.25, -0.2) is 4.39 Å². The van der Waals surface area contributed by atoms with E-state index in [-0.39, 0.29) is 12.3 Å². The highest BCUT2D eigenvalue weighted by atomic mass is 19.1. The molecule has 0 unspecified atom stereocenters. The zero-order valence-corrected chi connectivity index (χ0v) is 11.3. The van der Waals surface area contributed by atoms with E-state index in [1.807, 2.05) is 0 Å². The number of rotatable bonds is 5. The maximum atomic E-state index is 13.3. The van der Waals surface area contributed by atoms with Crippen LogP contribution in [0.3, 0.4) is 0 Å². The summed E-state index contributed by atoms with van der Waals surface area (Å²) in [6.45, 7) is 1.58. The van der Waals surface area contributed by atoms with E-state index in [1.54, 1.807) is 31.2 Å². The van der Waals surface area contributed by atoms with Crippen molar-refractivity contribution in [3.05, 3.63) is 69.5 Å². The van der Waals surface area contributed by atoms with Gasteiger partial charge < -0.3 is 9.84 Å². The molecular weight excluding hydrogens is 277 g/mol. The van der Waals surface area contributed by atoms with Crippen LogP contribution in [0.1, 0.15) is 24.2 Å². The zero-order valence-electron chi connectivity index (χ0n) is 11.3. The number of nitro benzene ring substituents is 1. The molecule has 1 atom stereocenters. The number of para-hydroxylation sites is 1. The van der Waals surface area contributed by atoms with Crippen molar-refractivity contribution in [3.63, 3.8) is 0 Å². The Morgan fingerprint density at radius 2 is 2.05 bits per heavy atom. The van der Waals surface area contributed by atoms with Gasteiger partial charge >= 0.3 is 0 Å². The van der Waals surface area contributed by atoms with Crippen molar-refractivity contribution in [3.8, 4) is 5.75 Å². The van der Waals surface area contributed by atoms with Gasteiger partial charge in [-0.1, -0.05) is 18.2 Å². The van der Waals surface area contributed by atoms with Crippen molar-refractivity contribution in [2.24, 2.45) is 0 Å². The second-order valence-corrected chi connectivity index (χ2v) is 4.58. The Balaban J connectivity index is 2.19. The molecule has 0 saturated heterocycles. The lowest BCUT2D eigenvalue weighted by Gasteiger charge is -2.13. The summed E-state index contributed by atoms with van der Waals surface area (Å²) >= 11 is 0. The van der Waals surface area contributed by atoms with Gasteiger partial charge in [-0.15, -0.1) is 0 Å². The molecule has 0 radical (unpaired) electrons. The lowest BCUT2D eigenvalue weighted by Crippen LogP contribution is -2.02. The van der Waals surface area contributed by atoms with Crippen LogP contribution in [0.15, 0.2) is 42.5 Å². The third-order valence-electron chi connectivity index (χ3n) is 2.92. The first-order valence-corrected chi connectivity index (χ1v) is 6.31. The number of benzene rings is 2. The van der Waals surface area contributed by atoms with Gasteiger partial charge in [-0.2, -0.15) is 0 Å². The van der Waals surface area contributed by atoms with E-state index in [0.29, 0.717) is 16.9 Å². The van der Waals surface area contributed by atoms with Crippen LogP contribution in [-0.2, 0) is 6.61 Å². The molecule has 0 aliphatic carbocycles. The summed E-state index contributed by atoms with van der Waals surface area (Å²) in [4.78, 5) is 10.0. The summed E-state index contributed by atoms with van der Waals surface area (Å²) in [6.07, 6.45) is -0.706. The number of hydrogen-bond acceptors (Lipinski definition) is 4. The topological polar surface area (TPSA) is 72.6 Å². The Morgan fingerprint density at radius 3 is 2.71 bits per heavy atom. The van der Waals surface area contributed by atoms with E-state index in [1.165, 1.54) is 12.1 Å². The molecule has 0 bridgehead atoms. The number of hydrogen-bond donors (Lipinski definition) is 1. The lowest BCUT2D eigenvalue weighted by molar-refractivity contribution is -0.385. The molecule has 0 aliphatic heterocycles. The van der Waals surface area contributed by atoms with Crippen molar-refractivity contribution in [1.29, 1.82) is 0 Å². The van der Waals surface area contributed by atoms with Gasteiger partial charge in [-0.05, 0) is 24.6 Å². The molecular formula is C15H14FNO4. The standard InChI is InChI=1S/C15H14FNO4/c1-10(18)14-4-2-3-5-15(14)21-9-11-6-12(16)8-13(7-11)17(19)20/h2-8,10,18H,9H2,1H3/t10-/m0/s1. The molecule has 110 valence electrons. The van der Waals surface area contributed by atoms with Gasteiger partial charge in [-0.3, -0.25) is 10.1 Å². The molecule has 6 heteroatoms. The summed E-state index contributed by atoms with van der Waals surface area (Å²) < 4.78 is 18.8. The van der Waals surface area contributed by atoms with E-state index in [2.05, 4.69) is 0 Å². The zero-order chi connectivity index (χ0) is 15.4. The van der Waals surface area contributed by atoms with E-state index in [4.69, 9.17) is 4.74 Å². The average molecular weight is 291 g/mol. The third kappa shape index (κ3) is 3.76.